The highest BCUT2D eigenvalue weighted by Crippen LogP contribution is 2.39. The van der Waals surface area contributed by atoms with Gasteiger partial charge in [0.05, 0.1) is 26.9 Å². The molecule has 0 aliphatic rings. The van der Waals surface area contributed by atoms with Crippen LogP contribution in [0.4, 0.5) is 0 Å². The number of amides is 1. The Kier molecular flexibility index (Phi) is 6.09. The number of nitrogens with one attached hydrogen (secondary N) is 1. The Bertz CT molecular complexity index is 711. The number of carbonyl (C=O) groups is 1. The Morgan fingerprint density at radius 1 is 1.08 bits per heavy atom. The van der Waals surface area contributed by atoms with Gasteiger partial charge in [0.15, 0.2) is 11.5 Å². The Balaban J connectivity index is 2.16. The average Bonchev–Trinajstić information content (AvgIpc) is 2.97. The van der Waals surface area contributed by atoms with Gasteiger partial charge in [-0.3, -0.25) is 4.79 Å². The fraction of sp³-hybridized carbons (Fsp3) is 0.389. The van der Waals surface area contributed by atoms with E-state index in [0.717, 1.165) is 6.42 Å². The standard InChI is InChI=1S/C18H23NO4S/c1-11(10-13-7-6-12(2)24-13)19-18(20)14-8-9-15(21-3)17(23-5)16(14)22-4/h6-9,11H,10H2,1-5H3,(H,19,20). The molecule has 6 heteroatoms. The van der Waals surface area contributed by atoms with Gasteiger partial charge in [0.2, 0.25) is 5.75 Å². The molecule has 0 saturated heterocycles. The van der Waals surface area contributed by atoms with E-state index in [-0.39, 0.29) is 11.9 Å². The maximum absolute atomic E-state index is 12.6. The molecule has 0 aliphatic carbocycles. The third kappa shape index (κ3) is 4.00. The van der Waals surface area contributed by atoms with Gasteiger partial charge < -0.3 is 19.5 Å². The molecule has 0 aliphatic heterocycles. The van der Waals surface area contributed by atoms with E-state index in [2.05, 4.69) is 24.4 Å². The van der Waals surface area contributed by atoms with Crippen LogP contribution in [0, 0.1) is 6.92 Å². The normalized spacial score (nSPS) is 11.7. The lowest BCUT2D eigenvalue weighted by Crippen LogP contribution is -2.34. The van der Waals surface area contributed by atoms with Gasteiger partial charge in [-0.15, -0.1) is 11.3 Å². The van der Waals surface area contributed by atoms with E-state index < -0.39 is 0 Å². The van der Waals surface area contributed by atoms with Crippen LogP contribution in [0.2, 0.25) is 0 Å². The topological polar surface area (TPSA) is 56.8 Å². The molecule has 5 nitrogen and oxygen atoms in total. The zero-order valence-electron chi connectivity index (χ0n) is 14.6. The summed E-state index contributed by atoms with van der Waals surface area (Å²) in [7, 11) is 4.57. The van der Waals surface area contributed by atoms with Crippen LogP contribution in [0.3, 0.4) is 0 Å². The molecule has 1 heterocycles. The summed E-state index contributed by atoms with van der Waals surface area (Å²) < 4.78 is 15.9. The zero-order chi connectivity index (χ0) is 17.7. The lowest BCUT2D eigenvalue weighted by molar-refractivity contribution is 0.0936. The van der Waals surface area contributed by atoms with Crippen molar-refractivity contribution >= 4 is 17.2 Å². The van der Waals surface area contributed by atoms with Gasteiger partial charge in [-0.2, -0.15) is 0 Å². The summed E-state index contributed by atoms with van der Waals surface area (Å²) in [4.78, 5) is 15.1. The predicted octanol–water partition coefficient (Wildman–Crippen LogP) is 3.44. The van der Waals surface area contributed by atoms with Gasteiger partial charge >= 0.3 is 0 Å². The number of methoxy groups -OCH3 is 3. The van der Waals surface area contributed by atoms with Crippen LogP contribution >= 0.6 is 11.3 Å². The molecule has 0 bridgehead atoms. The second-order valence-electron chi connectivity index (χ2n) is 5.47. The van der Waals surface area contributed by atoms with E-state index >= 15 is 0 Å². The predicted molar refractivity (Wildman–Crippen MR) is 95.8 cm³/mol. The number of hydrogen-bond acceptors (Lipinski definition) is 5. The van der Waals surface area contributed by atoms with Gasteiger partial charge in [0.1, 0.15) is 0 Å². The molecular formula is C18H23NO4S. The van der Waals surface area contributed by atoms with Crippen LogP contribution in [-0.4, -0.2) is 33.3 Å². The molecule has 1 unspecified atom stereocenters. The highest BCUT2D eigenvalue weighted by Gasteiger charge is 2.21. The van der Waals surface area contributed by atoms with Crippen LogP contribution in [0.5, 0.6) is 17.2 Å². The maximum atomic E-state index is 12.6. The Morgan fingerprint density at radius 3 is 2.33 bits per heavy atom. The molecule has 0 spiro atoms. The van der Waals surface area contributed by atoms with Crippen molar-refractivity contribution < 1.29 is 19.0 Å². The van der Waals surface area contributed by atoms with Crippen LogP contribution < -0.4 is 19.5 Å². The molecule has 130 valence electrons. The smallest absolute Gasteiger partial charge is 0.255 e. The summed E-state index contributed by atoms with van der Waals surface area (Å²) in [5.41, 5.74) is 0.421. The lowest BCUT2D eigenvalue weighted by Gasteiger charge is -2.17. The molecule has 0 saturated carbocycles. The third-order valence-electron chi connectivity index (χ3n) is 3.63. The molecule has 1 aromatic carbocycles. The van der Waals surface area contributed by atoms with Crippen LogP contribution in [0.15, 0.2) is 24.3 Å². The Morgan fingerprint density at radius 2 is 1.79 bits per heavy atom. The first-order chi connectivity index (χ1) is 11.5. The summed E-state index contributed by atoms with van der Waals surface area (Å²) in [5, 5.41) is 3.01. The molecule has 1 aromatic heterocycles. The first-order valence-corrected chi connectivity index (χ1v) is 8.47. The van der Waals surface area contributed by atoms with E-state index in [1.165, 1.54) is 24.0 Å². The second kappa shape index (κ2) is 8.06. The first kappa shape index (κ1) is 18.1. The van der Waals surface area contributed by atoms with Crippen molar-refractivity contribution in [2.24, 2.45) is 0 Å². The minimum atomic E-state index is -0.200. The van der Waals surface area contributed by atoms with Gasteiger partial charge in [-0.25, -0.2) is 0 Å². The highest BCUT2D eigenvalue weighted by atomic mass is 32.1. The van der Waals surface area contributed by atoms with Crippen molar-refractivity contribution in [3.8, 4) is 17.2 Å². The van der Waals surface area contributed by atoms with E-state index in [0.29, 0.717) is 22.8 Å². The molecule has 2 rings (SSSR count). The van der Waals surface area contributed by atoms with Gasteiger partial charge in [-0.05, 0) is 38.1 Å². The van der Waals surface area contributed by atoms with Gasteiger partial charge in [0.25, 0.3) is 5.91 Å². The number of hydrogen-bond donors (Lipinski definition) is 1. The Hall–Kier alpha value is -2.21. The van der Waals surface area contributed by atoms with Crippen LogP contribution in [-0.2, 0) is 6.42 Å². The summed E-state index contributed by atoms with van der Waals surface area (Å²) in [6.07, 6.45) is 0.792. The van der Waals surface area contributed by atoms with E-state index in [1.54, 1.807) is 30.6 Å². The number of aryl methyl sites for hydroxylation is 1. The van der Waals surface area contributed by atoms with E-state index in [1.807, 2.05) is 6.92 Å². The summed E-state index contributed by atoms with van der Waals surface area (Å²) in [6, 6.07) is 7.57. The Labute approximate surface area is 146 Å². The molecule has 1 N–H and O–H groups in total. The van der Waals surface area contributed by atoms with Crippen LogP contribution in [0.25, 0.3) is 0 Å². The van der Waals surface area contributed by atoms with Crippen molar-refractivity contribution in [3.05, 3.63) is 39.6 Å². The molecule has 0 radical (unpaired) electrons. The second-order valence-corrected chi connectivity index (χ2v) is 6.85. The quantitative estimate of drug-likeness (QED) is 0.832. The zero-order valence-corrected chi connectivity index (χ0v) is 15.5. The summed E-state index contributed by atoms with van der Waals surface area (Å²) in [5.74, 6) is 1.10. The summed E-state index contributed by atoms with van der Waals surface area (Å²) >= 11 is 1.75. The first-order valence-electron chi connectivity index (χ1n) is 7.65. The number of thiophene rings is 1. The molecule has 1 amide bonds. The summed E-state index contributed by atoms with van der Waals surface area (Å²) in [6.45, 7) is 4.06. The van der Waals surface area contributed by atoms with Crippen LogP contribution in [0.1, 0.15) is 27.0 Å². The fourth-order valence-corrected chi connectivity index (χ4v) is 3.55. The molecule has 2 aromatic rings. The molecule has 0 fully saturated rings. The number of ether oxygens (including phenoxy) is 3. The van der Waals surface area contributed by atoms with Crippen molar-refractivity contribution in [3.63, 3.8) is 0 Å². The van der Waals surface area contributed by atoms with Gasteiger partial charge in [-0.1, -0.05) is 0 Å². The number of rotatable bonds is 7. The van der Waals surface area contributed by atoms with E-state index in [9.17, 15) is 4.79 Å². The minimum absolute atomic E-state index is 0.00773. The molecule has 1 atom stereocenters. The number of carbonyl (C=O) groups excluding carboxylic acids is 1. The fourth-order valence-electron chi connectivity index (χ4n) is 2.53. The van der Waals surface area contributed by atoms with E-state index in [4.69, 9.17) is 14.2 Å². The van der Waals surface area contributed by atoms with Gasteiger partial charge in [0, 0.05) is 22.2 Å². The molecule has 24 heavy (non-hydrogen) atoms. The highest BCUT2D eigenvalue weighted by molar-refractivity contribution is 7.11. The number of benzene rings is 1. The van der Waals surface area contributed by atoms with Crippen molar-refractivity contribution in [1.29, 1.82) is 0 Å². The SMILES string of the molecule is COc1ccc(C(=O)NC(C)Cc2ccc(C)s2)c(OC)c1OC. The van der Waals surface area contributed by atoms with Crippen molar-refractivity contribution in [2.45, 2.75) is 26.3 Å². The van der Waals surface area contributed by atoms with Crippen molar-refractivity contribution in [1.82, 2.24) is 5.32 Å². The third-order valence-corrected chi connectivity index (χ3v) is 4.65. The monoisotopic (exact) mass is 349 g/mol. The minimum Gasteiger partial charge on any atom is -0.493 e. The molecular weight excluding hydrogens is 326 g/mol. The largest absolute Gasteiger partial charge is 0.493 e. The van der Waals surface area contributed by atoms with Crippen molar-refractivity contribution in [2.75, 3.05) is 21.3 Å². The maximum Gasteiger partial charge on any atom is 0.255 e. The lowest BCUT2D eigenvalue weighted by atomic mass is 10.1. The average molecular weight is 349 g/mol.